The molecule has 3 aromatic rings. The predicted molar refractivity (Wildman–Crippen MR) is 120 cm³/mol. The van der Waals surface area contributed by atoms with Crippen LogP contribution in [-0.2, 0) is 19.6 Å². The average molecular weight is 444 g/mol. The van der Waals surface area contributed by atoms with Gasteiger partial charge < -0.3 is 5.32 Å². The topological polar surface area (TPSA) is 45.2 Å². The van der Waals surface area contributed by atoms with Gasteiger partial charge in [0, 0.05) is 25.0 Å². The predicted octanol–water partition coefficient (Wildman–Crippen LogP) is 5.54. The first-order valence-corrected chi connectivity index (χ1v) is 11.4. The summed E-state index contributed by atoms with van der Waals surface area (Å²) in [6.45, 7) is 4.47. The lowest BCUT2D eigenvalue weighted by atomic mass is 10.1. The Balaban J connectivity index is 1.67. The molecule has 4 nitrogen and oxygen atoms in total. The second kappa shape index (κ2) is 11.7. The van der Waals surface area contributed by atoms with Crippen molar-refractivity contribution in [2.75, 3.05) is 6.54 Å². The zero-order chi connectivity index (χ0) is 22.1. The van der Waals surface area contributed by atoms with Crippen LogP contribution in [0.15, 0.2) is 53.9 Å². The lowest BCUT2D eigenvalue weighted by Crippen LogP contribution is -2.25. The van der Waals surface area contributed by atoms with Crippen molar-refractivity contribution < 1.29 is 13.6 Å². The fourth-order valence-electron chi connectivity index (χ4n) is 3.21. The van der Waals surface area contributed by atoms with Gasteiger partial charge in [-0.2, -0.15) is 0 Å². The molecule has 0 saturated carbocycles. The largest absolute Gasteiger partial charge is 0.351 e. The molecule has 3 rings (SSSR count). The molecule has 7 heteroatoms. The van der Waals surface area contributed by atoms with Gasteiger partial charge in [-0.15, -0.1) is 11.3 Å². The summed E-state index contributed by atoms with van der Waals surface area (Å²) in [5.74, 6) is -0.700. The lowest BCUT2D eigenvalue weighted by Gasteiger charge is -2.21. The molecule has 0 bridgehead atoms. The molecule has 0 saturated heterocycles. The van der Waals surface area contributed by atoms with Gasteiger partial charge in [0.25, 0.3) is 5.91 Å². The lowest BCUT2D eigenvalue weighted by molar-refractivity contribution is 0.0948. The number of nitrogens with zero attached hydrogens (tertiary/aromatic N) is 2. The highest BCUT2D eigenvalue weighted by atomic mass is 32.1. The summed E-state index contributed by atoms with van der Waals surface area (Å²) < 4.78 is 26.5. The van der Waals surface area contributed by atoms with E-state index in [1.54, 1.807) is 29.6 Å². The van der Waals surface area contributed by atoms with Gasteiger partial charge in [0.1, 0.15) is 22.3 Å². The fourth-order valence-corrected chi connectivity index (χ4v) is 4.03. The van der Waals surface area contributed by atoms with Gasteiger partial charge in [-0.1, -0.05) is 44.0 Å². The van der Waals surface area contributed by atoms with Gasteiger partial charge in [-0.05, 0) is 41.8 Å². The summed E-state index contributed by atoms with van der Waals surface area (Å²) in [4.78, 5) is 18.9. The number of thiazole rings is 1. The molecule has 0 fully saturated rings. The second-order valence-electron chi connectivity index (χ2n) is 7.49. The Labute approximate surface area is 185 Å². The number of carbonyl (C=O) groups excluding carboxylic acids is 1. The van der Waals surface area contributed by atoms with E-state index >= 15 is 0 Å². The van der Waals surface area contributed by atoms with Crippen molar-refractivity contribution in [1.29, 1.82) is 0 Å². The van der Waals surface area contributed by atoms with Crippen LogP contribution >= 0.6 is 11.3 Å². The molecule has 0 aliphatic heterocycles. The van der Waals surface area contributed by atoms with E-state index < -0.39 is 0 Å². The van der Waals surface area contributed by atoms with Gasteiger partial charge >= 0.3 is 0 Å². The van der Waals surface area contributed by atoms with Crippen LogP contribution in [0, 0.1) is 11.6 Å². The Morgan fingerprint density at radius 3 is 2.06 bits per heavy atom. The first kappa shape index (κ1) is 23.0. The summed E-state index contributed by atoms with van der Waals surface area (Å²) in [5, 5.41) is 5.51. The Morgan fingerprint density at radius 2 is 1.52 bits per heavy atom. The molecule has 0 aliphatic carbocycles. The highest BCUT2D eigenvalue weighted by Crippen LogP contribution is 2.18. The van der Waals surface area contributed by atoms with Gasteiger partial charge in [0.05, 0.1) is 6.54 Å². The first-order chi connectivity index (χ1) is 15.0. The SMILES string of the molecule is CCCCCNC(=O)c1csc(CN(Cc2ccc(F)cc2)Cc2ccc(F)cc2)n1. The minimum atomic E-state index is -0.275. The van der Waals surface area contributed by atoms with Gasteiger partial charge in [-0.3, -0.25) is 9.69 Å². The van der Waals surface area contributed by atoms with E-state index in [1.807, 2.05) is 0 Å². The van der Waals surface area contributed by atoms with Crippen LogP contribution in [0.1, 0.15) is 52.8 Å². The van der Waals surface area contributed by atoms with Crippen molar-refractivity contribution in [3.8, 4) is 0 Å². The second-order valence-corrected chi connectivity index (χ2v) is 8.43. The molecular weight excluding hydrogens is 416 g/mol. The molecule has 1 aromatic heterocycles. The zero-order valence-corrected chi connectivity index (χ0v) is 18.4. The molecule has 0 atom stereocenters. The van der Waals surface area contributed by atoms with E-state index in [1.165, 1.54) is 35.6 Å². The van der Waals surface area contributed by atoms with Crippen LogP contribution in [0.5, 0.6) is 0 Å². The number of nitrogens with one attached hydrogen (secondary N) is 1. The van der Waals surface area contributed by atoms with Crippen molar-refractivity contribution in [2.24, 2.45) is 0 Å². The van der Waals surface area contributed by atoms with Crippen molar-refractivity contribution >= 4 is 17.2 Å². The van der Waals surface area contributed by atoms with Crippen LogP contribution in [-0.4, -0.2) is 22.3 Å². The minimum absolute atomic E-state index is 0.151. The van der Waals surface area contributed by atoms with E-state index in [-0.39, 0.29) is 17.5 Å². The Kier molecular flexibility index (Phi) is 8.67. The molecule has 0 unspecified atom stereocenters. The fraction of sp³-hybridized carbons (Fsp3) is 0.333. The van der Waals surface area contributed by atoms with Crippen LogP contribution in [0.4, 0.5) is 8.78 Å². The average Bonchev–Trinajstić information content (AvgIpc) is 3.23. The molecule has 0 radical (unpaired) electrons. The smallest absolute Gasteiger partial charge is 0.270 e. The quantitative estimate of drug-likeness (QED) is 0.396. The maximum atomic E-state index is 13.3. The standard InChI is InChI=1S/C24H27F2N3OS/c1-2-3-4-13-27-24(30)22-17-31-23(28-22)16-29(14-18-5-9-20(25)10-6-18)15-19-7-11-21(26)12-8-19/h5-12,17H,2-4,13-16H2,1H3,(H,27,30). The van der Waals surface area contributed by atoms with E-state index in [0.717, 1.165) is 35.4 Å². The monoisotopic (exact) mass is 443 g/mol. The Morgan fingerprint density at radius 1 is 0.935 bits per heavy atom. The summed E-state index contributed by atoms with van der Waals surface area (Å²) in [5.41, 5.74) is 2.36. The molecule has 0 spiro atoms. The third-order valence-corrected chi connectivity index (χ3v) is 5.68. The summed E-state index contributed by atoms with van der Waals surface area (Å²) in [6.07, 6.45) is 3.15. The molecule has 0 aliphatic rings. The number of halogens is 2. The van der Waals surface area contributed by atoms with Crippen LogP contribution in [0.25, 0.3) is 0 Å². The van der Waals surface area contributed by atoms with Gasteiger partial charge in [0.2, 0.25) is 0 Å². The summed E-state index contributed by atoms with van der Waals surface area (Å²) in [6, 6.07) is 12.8. The third-order valence-electron chi connectivity index (χ3n) is 4.85. The van der Waals surface area contributed by atoms with E-state index in [0.29, 0.717) is 31.9 Å². The maximum Gasteiger partial charge on any atom is 0.270 e. The van der Waals surface area contributed by atoms with E-state index in [2.05, 4.69) is 22.1 Å². The maximum absolute atomic E-state index is 13.3. The molecular formula is C24H27F2N3OS. The van der Waals surface area contributed by atoms with Crippen LogP contribution in [0.3, 0.4) is 0 Å². The normalized spacial score (nSPS) is 11.1. The molecule has 2 aromatic carbocycles. The molecule has 31 heavy (non-hydrogen) atoms. The number of amides is 1. The number of benzene rings is 2. The Bertz CT molecular complexity index is 910. The Hall–Kier alpha value is -2.64. The van der Waals surface area contributed by atoms with E-state index in [9.17, 15) is 13.6 Å². The van der Waals surface area contributed by atoms with Crippen molar-refractivity contribution in [2.45, 2.75) is 45.8 Å². The summed E-state index contributed by atoms with van der Waals surface area (Å²) in [7, 11) is 0. The number of hydrogen-bond donors (Lipinski definition) is 1. The highest BCUT2D eigenvalue weighted by molar-refractivity contribution is 7.09. The number of unbranched alkanes of at least 4 members (excludes halogenated alkanes) is 2. The molecule has 1 heterocycles. The van der Waals surface area contributed by atoms with Gasteiger partial charge in [0.15, 0.2) is 0 Å². The third kappa shape index (κ3) is 7.52. The first-order valence-electron chi connectivity index (χ1n) is 10.5. The number of aromatic nitrogens is 1. The number of hydrogen-bond acceptors (Lipinski definition) is 4. The molecule has 164 valence electrons. The highest BCUT2D eigenvalue weighted by Gasteiger charge is 2.14. The zero-order valence-electron chi connectivity index (χ0n) is 17.6. The molecule has 1 amide bonds. The number of carbonyl (C=O) groups is 1. The van der Waals surface area contributed by atoms with Crippen molar-refractivity contribution in [3.05, 3.63) is 87.4 Å². The van der Waals surface area contributed by atoms with Gasteiger partial charge in [-0.25, -0.2) is 13.8 Å². The van der Waals surface area contributed by atoms with Crippen LogP contribution < -0.4 is 5.32 Å². The number of rotatable bonds is 11. The van der Waals surface area contributed by atoms with E-state index in [4.69, 9.17) is 0 Å². The van der Waals surface area contributed by atoms with Crippen LogP contribution in [0.2, 0.25) is 0 Å². The van der Waals surface area contributed by atoms with Crippen molar-refractivity contribution in [3.63, 3.8) is 0 Å². The summed E-state index contributed by atoms with van der Waals surface area (Å²) >= 11 is 1.44. The van der Waals surface area contributed by atoms with Crippen molar-refractivity contribution in [1.82, 2.24) is 15.2 Å². The minimum Gasteiger partial charge on any atom is -0.351 e. The molecule has 1 N–H and O–H groups in total.